The number of ether oxygens (including phenoxy) is 6. The third kappa shape index (κ3) is 9.80. The van der Waals surface area contributed by atoms with Crippen LogP contribution in [0, 0.1) is 0 Å². The monoisotopic (exact) mass is 662 g/mol. The number of rotatable bonds is 16. The predicted octanol–water partition coefficient (Wildman–Crippen LogP) is 8.49. The van der Waals surface area contributed by atoms with Gasteiger partial charge in [-0.1, -0.05) is 133 Å². The minimum Gasteiger partial charge on any atom is -0.497 e. The largest absolute Gasteiger partial charge is 0.497 e. The summed E-state index contributed by atoms with van der Waals surface area (Å²) >= 11 is 1.61. The van der Waals surface area contributed by atoms with Crippen molar-refractivity contribution in [2.45, 2.75) is 61.2 Å². The Hall–Kier alpha value is -3.95. The van der Waals surface area contributed by atoms with Crippen LogP contribution in [-0.4, -0.2) is 43.6 Å². The molecule has 0 radical (unpaired) electrons. The molecule has 0 N–H and O–H groups in total. The van der Waals surface area contributed by atoms with Gasteiger partial charge < -0.3 is 28.4 Å². The van der Waals surface area contributed by atoms with Gasteiger partial charge in [-0.25, -0.2) is 0 Å². The van der Waals surface area contributed by atoms with Crippen molar-refractivity contribution in [3.63, 3.8) is 0 Å². The van der Waals surface area contributed by atoms with E-state index in [-0.39, 0.29) is 0 Å². The SMILES string of the molecule is COc1ccc(S[C@@H]2O[C@H](COCc3ccccc3)[C@@H](OCc3ccccc3)[C@H](OCc3ccccc3)[C@H]2OCc2ccccc2)cc1. The van der Waals surface area contributed by atoms with E-state index >= 15 is 0 Å². The maximum absolute atomic E-state index is 6.95. The Balaban J connectivity index is 1.32. The fourth-order valence-corrected chi connectivity index (χ4v) is 6.76. The Morgan fingerprint density at radius 1 is 0.500 bits per heavy atom. The lowest BCUT2D eigenvalue weighted by Crippen LogP contribution is -2.60. The van der Waals surface area contributed by atoms with Gasteiger partial charge in [0.05, 0.1) is 40.1 Å². The average Bonchev–Trinajstić information content (AvgIpc) is 3.15. The number of hydrogen-bond donors (Lipinski definition) is 0. The quantitative estimate of drug-likeness (QED) is 0.105. The Morgan fingerprint density at radius 3 is 1.42 bits per heavy atom. The van der Waals surface area contributed by atoms with Gasteiger partial charge in [-0.05, 0) is 46.5 Å². The average molecular weight is 663 g/mol. The molecule has 5 atom stereocenters. The van der Waals surface area contributed by atoms with E-state index in [1.165, 1.54) is 0 Å². The molecule has 0 aromatic heterocycles. The van der Waals surface area contributed by atoms with E-state index in [0.717, 1.165) is 32.9 Å². The third-order valence-electron chi connectivity index (χ3n) is 8.15. The second kappa shape index (κ2) is 18.0. The number of benzene rings is 5. The summed E-state index contributed by atoms with van der Waals surface area (Å²) in [6.07, 6.45) is -1.83. The van der Waals surface area contributed by atoms with E-state index in [1.807, 2.05) is 97.1 Å². The predicted molar refractivity (Wildman–Crippen MR) is 189 cm³/mol. The summed E-state index contributed by atoms with van der Waals surface area (Å²) in [5.74, 6) is 0.798. The highest BCUT2D eigenvalue weighted by Gasteiger charge is 2.49. The van der Waals surface area contributed by atoms with Gasteiger partial charge in [0.25, 0.3) is 0 Å². The van der Waals surface area contributed by atoms with Crippen molar-refractivity contribution in [3.05, 3.63) is 168 Å². The first-order chi connectivity index (χ1) is 23.7. The van der Waals surface area contributed by atoms with Crippen molar-refractivity contribution in [1.82, 2.24) is 0 Å². The molecule has 48 heavy (non-hydrogen) atoms. The van der Waals surface area contributed by atoms with E-state index in [4.69, 9.17) is 28.4 Å². The highest BCUT2D eigenvalue weighted by atomic mass is 32.2. The molecule has 6 rings (SSSR count). The fraction of sp³-hybridized carbons (Fsp3) is 0.268. The molecule has 5 aromatic rings. The molecule has 6 nitrogen and oxygen atoms in total. The van der Waals surface area contributed by atoms with Gasteiger partial charge >= 0.3 is 0 Å². The normalized spacial score (nSPS) is 20.7. The Morgan fingerprint density at radius 2 is 0.938 bits per heavy atom. The topological polar surface area (TPSA) is 55.4 Å². The highest BCUT2D eigenvalue weighted by molar-refractivity contribution is 7.99. The molecule has 0 amide bonds. The number of thioether (sulfide) groups is 1. The molecule has 1 fully saturated rings. The van der Waals surface area contributed by atoms with Crippen LogP contribution in [-0.2, 0) is 50.1 Å². The van der Waals surface area contributed by atoms with E-state index in [0.29, 0.717) is 33.0 Å². The van der Waals surface area contributed by atoms with Crippen molar-refractivity contribution >= 4 is 11.8 Å². The van der Waals surface area contributed by atoms with Crippen molar-refractivity contribution in [3.8, 4) is 5.75 Å². The molecule has 0 bridgehead atoms. The maximum atomic E-state index is 6.95. The van der Waals surface area contributed by atoms with Crippen LogP contribution in [0.25, 0.3) is 0 Å². The Kier molecular flexibility index (Phi) is 12.7. The first kappa shape index (κ1) is 33.9. The standard InChI is InChI=1S/C41H42O6S/c1-42-35-22-24-36(25-23-35)48-41-40(46-29-34-20-12-5-13-21-34)39(45-28-33-18-10-4-11-19-33)38(44-27-32-16-8-3-9-17-32)37(47-41)30-43-26-31-14-6-2-7-15-31/h2-25,37-41H,26-30H2,1H3/t37-,38-,39+,40-,41+/m1/s1. The summed E-state index contributed by atoms with van der Waals surface area (Å²) in [5, 5.41) is 0. The molecular weight excluding hydrogens is 621 g/mol. The van der Waals surface area contributed by atoms with Crippen LogP contribution in [0.4, 0.5) is 0 Å². The highest BCUT2D eigenvalue weighted by Crippen LogP contribution is 2.39. The molecule has 5 aromatic carbocycles. The summed E-state index contributed by atoms with van der Waals surface area (Å²) < 4.78 is 39.1. The Labute approximate surface area is 287 Å². The summed E-state index contributed by atoms with van der Waals surface area (Å²) in [7, 11) is 1.67. The van der Waals surface area contributed by atoms with Gasteiger partial charge in [-0.2, -0.15) is 0 Å². The smallest absolute Gasteiger partial charge is 0.137 e. The molecule has 1 aliphatic heterocycles. The lowest BCUT2D eigenvalue weighted by Gasteiger charge is -2.46. The first-order valence-electron chi connectivity index (χ1n) is 16.3. The van der Waals surface area contributed by atoms with Crippen molar-refractivity contribution in [2.75, 3.05) is 13.7 Å². The molecule has 1 heterocycles. The van der Waals surface area contributed by atoms with Crippen molar-refractivity contribution < 1.29 is 28.4 Å². The Bertz CT molecular complexity index is 1610. The minimum atomic E-state index is -0.474. The summed E-state index contributed by atoms with van der Waals surface area (Å²) in [5.41, 5.74) is 3.90. The summed E-state index contributed by atoms with van der Waals surface area (Å²) in [4.78, 5) is 1.03. The van der Waals surface area contributed by atoms with E-state index in [1.54, 1.807) is 18.9 Å². The molecule has 0 aliphatic carbocycles. The van der Waals surface area contributed by atoms with E-state index in [9.17, 15) is 0 Å². The van der Waals surface area contributed by atoms with Gasteiger partial charge in [-0.15, -0.1) is 0 Å². The van der Waals surface area contributed by atoms with Crippen LogP contribution >= 0.6 is 11.8 Å². The lowest BCUT2D eigenvalue weighted by atomic mass is 9.98. The summed E-state index contributed by atoms with van der Waals surface area (Å²) in [6.45, 7) is 1.99. The van der Waals surface area contributed by atoms with Crippen LogP contribution in [0.3, 0.4) is 0 Å². The summed E-state index contributed by atoms with van der Waals surface area (Å²) in [6, 6.07) is 48.7. The number of methoxy groups -OCH3 is 1. The third-order valence-corrected chi connectivity index (χ3v) is 9.31. The van der Waals surface area contributed by atoms with Gasteiger partial charge in [0.15, 0.2) is 0 Å². The zero-order chi connectivity index (χ0) is 32.8. The van der Waals surface area contributed by atoms with Gasteiger partial charge in [0.2, 0.25) is 0 Å². The van der Waals surface area contributed by atoms with Gasteiger partial charge in [0, 0.05) is 4.90 Å². The molecule has 7 heteroatoms. The van der Waals surface area contributed by atoms with Crippen molar-refractivity contribution in [2.24, 2.45) is 0 Å². The van der Waals surface area contributed by atoms with Crippen LogP contribution in [0.2, 0.25) is 0 Å². The molecule has 1 saturated heterocycles. The maximum Gasteiger partial charge on any atom is 0.137 e. The van der Waals surface area contributed by atoms with Crippen molar-refractivity contribution in [1.29, 1.82) is 0 Å². The van der Waals surface area contributed by atoms with Crippen LogP contribution in [0.5, 0.6) is 5.75 Å². The molecule has 0 saturated carbocycles. The zero-order valence-corrected chi connectivity index (χ0v) is 28.0. The molecule has 248 valence electrons. The first-order valence-corrected chi connectivity index (χ1v) is 17.2. The molecular formula is C41H42O6S. The molecule has 0 spiro atoms. The van der Waals surface area contributed by atoms with Crippen LogP contribution in [0.1, 0.15) is 22.3 Å². The van der Waals surface area contributed by atoms with Crippen LogP contribution in [0.15, 0.2) is 150 Å². The second-order valence-electron chi connectivity index (χ2n) is 11.6. The zero-order valence-electron chi connectivity index (χ0n) is 27.1. The number of hydrogen-bond acceptors (Lipinski definition) is 7. The van der Waals surface area contributed by atoms with Crippen LogP contribution < -0.4 is 4.74 Å². The fourth-order valence-electron chi connectivity index (χ4n) is 5.63. The van der Waals surface area contributed by atoms with E-state index < -0.39 is 29.9 Å². The second-order valence-corrected chi connectivity index (χ2v) is 12.8. The van der Waals surface area contributed by atoms with E-state index in [2.05, 4.69) is 48.5 Å². The minimum absolute atomic E-state index is 0.324. The van der Waals surface area contributed by atoms with Gasteiger partial charge in [0.1, 0.15) is 35.6 Å². The van der Waals surface area contributed by atoms with Gasteiger partial charge in [-0.3, -0.25) is 0 Å². The lowest BCUT2D eigenvalue weighted by molar-refractivity contribution is -0.254. The molecule has 0 unspecified atom stereocenters. The molecule has 1 aliphatic rings.